The summed E-state index contributed by atoms with van der Waals surface area (Å²) >= 11 is 0. The first-order valence-electron chi connectivity index (χ1n) is 11.6. The molecular weight excluding hydrogens is 494 g/mol. The molecule has 0 bridgehead atoms. The van der Waals surface area contributed by atoms with Crippen LogP contribution in [0.5, 0.6) is 5.75 Å². The van der Waals surface area contributed by atoms with Gasteiger partial charge in [0, 0.05) is 28.8 Å². The Bertz CT molecular complexity index is 1540. The summed E-state index contributed by atoms with van der Waals surface area (Å²) in [6.45, 7) is 0. The lowest BCUT2D eigenvalue weighted by Crippen LogP contribution is -2.35. The molecule has 0 aliphatic heterocycles. The van der Waals surface area contributed by atoms with Gasteiger partial charge < -0.3 is 26.8 Å². The van der Waals surface area contributed by atoms with Gasteiger partial charge in [-0.15, -0.1) is 0 Å². The van der Waals surface area contributed by atoms with E-state index in [1.54, 1.807) is 18.2 Å². The smallest absolute Gasteiger partial charge is 0.240 e. The van der Waals surface area contributed by atoms with E-state index in [9.17, 15) is 23.5 Å². The molecule has 192 valence electrons. The predicted molar refractivity (Wildman–Crippen MR) is 139 cm³/mol. The van der Waals surface area contributed by atoms with Crippen molar-refractivity contribution in [1.82, 2.24) is 9.97 Å². The number of nitrogen functional groups attached to an aromatic ring is 1. The van der Waals surface area contributed by atoms with E-state index in [0.29, 0.717) is 35.5 Å². The minimum Gasteiger partial charge on any atom is -0.507 e. The van der Waals surface area contributed by atoms with Gasteiger partial charge in [-0.25, -0.2) is 18.7 Å². The van der Waals surface area contributed by atoms with Gasteiger partial charge in [-0.2, -0.15) is 0 Å². The fourth-order valence-corrected chi connectivity index (χ4v) is 3.91. The van der Waals surface area contributed by atoms with Crippen LogP contribution in [0.3, 0.4) is 0 Å². The summed E-state index contributed by atoms with van der Waals surface area (Å²) in [5, 5.41) is 18.4. The Kier molecular flexibility index (Phi) is 6.33. The van der Waals surface area contributed by atoms with Gasteiger partial charge in [0.25, 0.3) is 0 Å². The van der Waals surface area contributed by atoms with Crippen LogP contribution in [0.1, 0.15) is 12.8 Å². The number of amides is 2. The van der Waals surface area contributed by atoms with Crippen molar-refractivity contribution in [2.75, 3.05) is 21.7 Å². The number of carbonyl (C=O) groups is 2. The van der Waals surface area contributed by atoms with E-state index >= 15 is 0 Å². The Morgan fingerprint density at radius 3 is 2.18 bits per heavy atom. The molecule has 5 rings (SSSR count). The molecule has 0 spiro atoms. The highest BCUT2D eigenvalue weighted by atomic mass is 19.1. The molecule has 1 aliphatic carbocycles. The first-order valence-corrected chi connectivity index (χ1v) is 11.6. The number of halogens is 2. The monoisotopic (exact) mass is 516 g/mol. The second kappa shape index (κ2) is 9.77. The number of hydrogen-bond acceptors (Lipinski definition) is 7. The molecule has 0 saturated heterocycles. The number of phenolic OH excluding ortho intramolecular Hbond substituents is 1. The number of phenols is 1. The van der Waals surface area contributed by atoms with Crippen LogP contribution >= 0.6 is 0 Å². The summed E-state index contributed by atoms with van der Waals surface area (Å²) in [6.07, 6.45) is 2.15. The maximum absolute atomic E-state index is 14.9. The van der Waals surface area contributed by atoms with Crippen molar-refractivity contribution < 1.29 is 23.5 Å². The van der Waals surface area contributed by atoms with Crippen molar-refractivity contribution in [3.05, 3.63) is 84.6 Å². The van der Waals surface area contributed by atoms with Crippen LogP contribution in [0.25, 0.3) is 11.3 Å². The molecule has 9 nitrogen and oxygen atoms in total. The van der Waals surface area contributed by atoms with Crippen LogP contribution in [0.15, 0.2) is 72.9 Å². The molecule has 38 heavy (non-hydrogen) atoms. The zero-order valence-corrected chi connectivity index (χ0v) is 19.8. The van der Waals surface area contributed by atoms with E-state index in [4.69, 9.17) is 5.73 Å². The normalized spacial score (nSPS) is 13.4. The summed E-state index contributed by atoms with van der Waals surface area (Å²) < 4.78 is 28.0. The van der Waals surface area contributed by atoms with Crippen LogP contribution in [-0.2, 0) is 9.59 Å². The Morgan fingerprint density at radius 2 is 1.53 bits per heavy atom. The van der Waals surface area contributed by atoms with E-state index in [1.165, 1.54) is 48.7 Å². The number of nitrogens with two attached hydrogens (primary N) is 1. The molecule has 2 amide bonds. The van der Waals surface area contributed by atoms with Gasteiger partial charge in [0.1, 0.15) is 22.8 Å². The third-order valence-electron chi connectivity index (χ3n) is 6.17. The molecule has 1 saturated carbocycles. The van der Waals surface area contributed by atoms with Crippen LogP contribution in [0, 0.1) is 17.0 Å². The molecule has 11 heteroatoms. The number of anilines is 5. The molecule has 0 unspecified atom stereocenters. The van der Waals surface area contributed by atoms with Crippen molar-refractivity contribution in [1.29, 1.82) is 0 Å². The highest BCUT2D eigenvalue weighted by Crippen LogP contribution is 2.47. The third kappa shape index (κ3) is 5.07. The maximum Gasteiger partial charge on any atom is 0.240 e. The zero-order valence-electron chi connectivity index (χ0n) is 19.8. The van der Waals surface area contributed by atoms with Gasteiger partial charge in [-0.1, -0.05) is 0 Å². The number of aromatic nitrogens is 2. The quantitative estimate of drug-likeness (QED) is 0.175. The average molecular weight is 517 g/mol. The second-order valence-corrected chi connectivity index (χ2v) is 8.85. The predicted octanol–water partition coefficient (Wildman–Crippen LogP) is 4.81. The van der Waals surface area contributed by atoms with E-state index in [2.05, 4.69) is 25.9 Å². The van der Waals surface area contributed by atoms with Gasteiger partial charge in [-0.05, 0) is 79.6 Å². The second-order valence-electron chi connectivity index (χ2n) is 8.85. The number of aromatic hydroxyl groups is 1. The molecule has 4 aromatic rings. The van der Waals surface area contributed by atoms with Gasteiger partial charge in [0.05, 0.1) is 11.4 Å². The first-order chi connectivity index (χ1) is 18.2. The summed E-state index contributed by atoms with van der Waals surface area (Å²) in [5.41, 5.74) is 6.28. The van der Waals surface area contributed by atoms with Crippen molar-refractivity contribution in [3.8, 4) is 17.0 Å². The number of benzene rings is 3. The lowest BCUT2D eigenvalue weighted by atomic mass is 10.0. The number of hydrogen-bond donors (Lipinski definition) is 5. The maximum atomic E-state index is 14.9. The fraction of sp³-hybridized carbons (Fsp3) is 0.111. The average Bonchev–Trinajstić information content (AvgIpc) is 3.71. The Balaban J connectivity index is 1.27. The minimum atomic E-state index is -1.27. The van der Waals surface area contributed by atoms with E-state index in [1.807, 2.05) is 0 Å². The van der Waals surface area contributed by atoms with Crippen LogP contribution in [-0.4, -0.2) is 26.9 Å². The summed E-state index contributed by atoms with van der Waals surface area (Å²) in [7, 11) is 0. The first kappa shape index (κ1) is 24.6. The molecule has 1 fully saturated rings. The molecule has 1 aliphatic rings. The van der Waals surface area contributed by atoms with Crippen LogP contribution < -0.4 is 21.7 Å². The highest BCUT2D eigenvalue weighted by molar-refractivity contribution is 6.16. The zero-order chi connectivity index (χ0) is 26.9. The van der Waals surface area contributed by atoms with E-state index in [0.717, 1.165) is 6.07 Å². The van der Waals surface area contributed by atoms with Gasteiger partial charge in [-0.3, -0.25) is 9.59 Å². The topological polar surface area (TPSA) is 142 Å². The van der Waals surface area contributed by atoms with Gasteiger partial charge in [0.15, 0.2) is 0 Å². The Labute approximate surface area is 215 Å². The number of nitrogens with zero attached hydrogens (tertiary/aromatic N) is 2. The van der Waals surface area contributed by atoms with Crippen LogP contribution in [0.2, 0.25) is 0 Å². The third-order valence-corrected chi connectivity index (χ3v) is 6.17. The van der Waals surface area contributed by atoms with Crippen LogP contribution in [0.4, 0.5) is 37.5 Å². The summed E-state index contributed by atoms with van der Waals surface area (Å²) in [6, 6.07) is 15.5. The molecular formula is C27H22F2N6O3. The number of carbonyl (C=O) groups excluding carboxylic acids is 2. The molecule has 3 aromatic carbocycles. The SMILES string of the molecule is Nc1nccc(-c2cc(Nc3ccc(NC(=O)C4(C(=O)Nc5ccc(F)cc5)CC4)cc3F)ccc2O)n1. The van der Waals surface area contributed by atoms with Crippen molar-refractivity contribution >= 4 is 40.5 Å². The summed E-state index contributed by atoms with van der Waals surface area (Å²) in [5.74, 6) is -2.14. The van der Waals surface area contributed by atoms with Crippen molar-refractivity contribution in [2.45, 2.75) is 12.8 Å². The highest BCUT2D eigenvalue weighted by Gasteiger charge is 2.56. The summed E-state index contributed by atoms with van der Waals surface area (Å²) in [4.78, 5) is 33.5. The molecule has 0 atom stereocenters. The number of nitrogens with one attached hydrogen (secondary N) is 3. The van der Waals surface area contributed by atoms with Gasteiger partial charge >= 0.3 is 0 Å². The number of rotatable bonds is 7. The Morgan fingerprint density at radius 1 is 0.868 bits per heavy atom. The van der Waals surface area contributed by atoms with Crippen molar-refractivity contribution in [2.24, 2.45) is 5.41 Å². The fourth-order valence-electron chi connectivity index (χ4n) is 3.91. The minimum absolute atomic E-state index is 0.0374. The largest absolute Gasteiger partial charge is 0.507 e. The van der Waals surface area contributed by atoms with E-state index < -0.39 is 28.9 Å². The lowest BCUT2D eigenvalue weighted by molar-refractivity contribution is -0.131. The standard InChI is InChI=1S/C27H22F2N6O3/c28-15-1-3-16(4-2-15)33-24(37)27(10-11-27)25(38)34-18-5-7-22(20(29)14-18)32-17-6-8-23(36)19(13-17)21-9-12-31-26(30)35-21/h1-9,12-14,32,36H,10-11H2,(H,33,37)(H,34,38)(H2,30,31,35). The molecule has 1 heterocycles. The van der Waals surface area contributed by atoms with Crippen molar-refractivity contribution in [3.63, 3.8) is 0 Å². The molecule has 6 N–H and O–H groups in total. The molecule has 1 aromatic heterocycles. The van der Waals surface area contributed by atoms with E-state index in [-0.39, 0.29) is 23.1 Å². The Hall–Kier alpha value is -5.06. The lowest BCUT2D eigenvalue weighted by Gasteiger charge is -2.16. The van der Waals surface area contributed by atoms with Gasteiger partial charge in [0.2, 0.25) is 17.8 Å². The molecule has 0 radical (unpaired) electrons.